The van der Waals surface area contributed by atoms with Gasteiger partial charge in [0.15, 0.2) is 5.78 Å². The Morgan fingerprint density at radius 2 is 2.13 bits per heavy atom. The zero-order valence-electron chi connectivity index (χ0n) is 8.23. The van der Waals surface area contributed by atoms with Gasteiger partial charge in [-0.05, 0) is 36.6 Å². The molecular formula is C12H10O2S. The molecule has 76 valence electrons. The Labute approximate surface area is 91.8 Å². The molecule has 0 unspecified atom stereocenters. The van der Waals surface area contributed by atoms with Crippen molar-refractivity contribution in [2.75, 3.05) is 0 Å². The molecule has 2 rings (SSSR count). The Hall–Kier alpha value is -1.61. The molecule has 0 fully saturated rings. The molecule has 1 aromatic heterocycles. The van der Waals surface area contributed by atoms with Crippen molar-refractivity contribution in [1.29, 1.82) is 0 Å². The van der Waals surface area contributed by atoms with E-state index in [9.17, 15) is 9.90 Å². The Morgan fingerprint density at radius 3 is 2.73 bits per heavy atom. The maximum absolute atomic E-state index is 11.2. The molecule has 0 bridgehead atoms. The van der Waals surface area contributed by atoms with Crippen LogP contribution in [-0.4, -0.2) is 10.9 Å². The lowest BCUT2D eigenvalue weighted by molar-refractivity contribution is 0.101. The molecule has 0 aliphatic carbocycles. The number of phenolic OH excluding ortho intramolecular Hbond substituents is 1. The first-order valence-electron chi connectivity index (χ1n) is 4.56. The maximum atomic E-state index is 11.2. The van der Waals surface area contributed by atoms with Crippen LogP contribution >= 0.6 is 11.3 Å². The first kappa shape index (κ1) is 9.93. The number of hydrogen-bond donors (Lipinski definition) is 1. The number of aromatic hydroxyl groups is 1. The van der Waals surface area contributed by atoms with Crippen molar-refractivity contribution in [2.24, 2.45) is 0 Å². The second-order valence-electron chi connectivity index (χ2n) is 3.27. The Balaban J connectivity index is 2.55. The normalized spacial score (nSPS) is 10.2. The second kappa shape index (κ2) is 3.87. The molecule has 0 saturated heterocycles. The molecule has 0 saturated carbocycles. The highest BCUT2D eigenvalue weighted by molar-refractivity contribution is 7.13. The van der Waals surface area contributed by atoms with Crippen molar-refractivity contribution in [3.63, 3.8) is 0 Å². The van der Waals surface area contributed by atoms with Gasteiger partial charge in [-0.15, -0.1) is 11.3 Å². The molecule has 0 amide bonds. The van der Waals surface area contributed by atoms with Crippen LogP contribution in [-0.2, 0) is 0 Å². The zero-order chi connectivity index (χ0) is 10.8. The van der Waals surface area contributed by atoms with Crippen LogP contribution in [0.5, 0.6) is 5.75 Å². The van der Waals surface area contributed by atoms with Crippen LogP contribution < -0.4 is 0 Å². The number of Topliss-reactive ketones (excluding diaryl/α,β-unsaturated/α-hetero) is 1. The van der Waals surface area contributed by atoms with Crippen LogP contribution in [0.1, 0.15) is 17.3 Å². The van der Waals surface area contributed by atoms with Gasteiger partial charge in [-0.25, -0.2) is 0 Å². The van der Waals surface area contributed by atoms with Gasteiger partial charge < -0.3 is 5.11 Å². The van der Waals surface area contributed by atoms with Crippen LogP contribution in [0.2, 0.25) is 0 Å². The summed E-state index contributed by atoms with van der Waals surface area (Å²) in [5.74, 6) is 0.218. The molecule has 1 N–H and O–H groups in total. The second-order valence-corrected chi connectivity index (χ2v) is 4.21. The summed E-state index contributed by atoms with van der Waals surface area (Å²) < 4.78 is 0. The predicted molar refractivity (Wildman–Crippen MR) is 61.4 cm³/mol. The van der Waals surface area contributed by atoms with Gasteiger partial charge in [-0.3, -0.25) is 4.79 Å². The zero-order valence-corrected chi connectivity index (χ0v) is 9.04. The molecule has 0 aliphatic rings. The fraction of sp³-hybridized carbons (Fsp3) is 0.0833. The molecule has 1 aromatic carbocycles. The van der Waals surface area contributed by atoms with E-state index < -0.39 is 0 Å². The first-order chi connectivity index (χ1) is 7.18. The number of benzene rings is 1. The number of rotatable bonds is 2. The summed E-state index contributed by atoms with van der Waals surface area (Å²) in [5, 5.41) is 11.6. The number of hydrogen-bond acceptors (Lipinski definition) is 3. The maximum Gasteiger partial charge on any atom is 0.159 e. The van der Waals surface area contributed by atoms with Crippen LogP contribution in [0.25, 0.3) is 10.4 Å². The summed E-state index contributed by atoms with van der Waals surface area (Å²) in [6.07, 6.45) is 0. The molecule has 1 heterocycles. The van der Waals surface area contributed by atoms with E-state index in [1.165, 1.54) is 18.3 Å². The Morgan fingerprint density at radius 1 is 1.33 bits per heavy atom. The Bertz CT molecular complexity index is 486. The minimum absolute atomic E-state index is 0.00723. The number of carbonyl (C=O) groups is 1. The van der Waals surface area contributed by atoms with Crippen molar-refractivity contribution >= 4 is 17.1 Å². The van der Waals surface area contributed by atoms with Gasteiger partial charge in [0.2, 0.25) is 0 Å². The number of carbonyl (C=O) groups excluding carboxylic acids is 1. The highest BCUT2D eigenvalue weighted by Gasteiger charge is 2.08. The summed E-state index contributed by atoms with van der Waals surface area (Å²) in [4.78, 5) is 12.2. The van der Waals surface area contributed by atoms with Crippen LogP contribution in [0.15, 0.2) is 35.7 Å². The lowest BCUT2D eigenvalue weighted by Crippen LogP contribution is -1.91. The molecule has 3 heteroatoms. The van der Waals surface area contributed by atoms with Crippen molar-refractivity contribution in [1.82, 2.24) is 0 Å². The van der Waals surface area contributed by atoms with E-state index in [1.54, 1.807) is 18.2 Å². The molecule has 0 atom stereocenters. The molecule has 0 spiro atoms. The van der Waals surface area contributed by atoms with Gasteiger partial charge in [0.25, 0.3) is 0 Å². The SMILES string of the molecule is CC(=O)c1ccc(O)c(-c2cccs2)c1. The van der Waals surface area contributed by atoms with E-state index >= 15 is 0 Å². The standard InChI is InChI=1S/C12H10O2S/c1-8(13)9-4-5-11(14)10(7-9)12-3-2-6-15-12/h2-7,14H,1H3. The minimum Gasteiger partial charge on any atom is -0.507 e. The summed E-state index contributed by atoms with van der Waals surface area (Å²) >= 11 is 1.54. The fourth-order valence-electron chi connectivity index (χ4n) is 1.38. The monoisotopic (exact) mass is 218 g/mol. The Kier molecular flexibility index (Phi) is 2.56. The molecule has 15 heavy (non-hydrogen) atoms. The third-order valence-electron chi connectivity index (χ3n) is 2.19. The van der Waals surface area contributed by atoms with Crippen molar-refractivity contribution in [2.45, 2.75) is 6.92 Å². The average molecular weight is 218 g/mol. The third kappa shape index (κ3) is 1.92. The topological polar surface area (TPSA) is 37.3 Å². The van der Waals surface area contributed by atoms with Gasteiger partial charge in [0.1, 0.15) is 5.75 Å². The quantitative estimate of drug-likeness (QED) is 0.785. The lowest BCUT2D eigenvalue weighted by atomic mass is 10.1. The van der Waals surface area contributed by atoms with Crippen LogP contribution in [0.3, 0.4) is 0 Å². The summed E-state index contributed by atoms with van der Waals surface area (Å²) in [5.41, 5.74) is 1.34. The van der Waals surface area contributed by atoms with Gasteiger partial charge >= 0.3 is 0 Å². The molecule has 0 aliphatic heterocycles. The number of phenols is 1. The summed E-state index contributed by atoms with van der Waals surface area (Å²) in [6.45, 7) is 1.52. The fourth-order valence-corrected chi connectivity index (χ4v) is 2.14. The minimum atomic E-state index is 0.00723. The largest absolute Gasteiger partial charge is 0.507 e. The van der Waals surface area contributed by atoms with Gasteiger partial charge in [-0.1, -0.05) is 6.07 Å². The van der Waals surface area contributed by atoms with Crippen LogP contribution in [0.4, 0.5) is 0 Å². The van der Waals surface area contributed by atoms with E-state index in [4.69, 9.17) is 0 Å². The third-order valence-corrected chi connectivity index (χ3v) is 3.09. The molecular weight excluding hydrogens is 208 g/mol. The van der Waals surface area contributed by atoms with E-state index in [0.29, 0.717) is 5.56 Å². The van der Waals surface area contributed by atoms with Gasteiger partial charge in [-0.2, -0.15) is 0 Å². The van der Waals surface area contributed by atoms with E-state index in [1.807, 2.05) is 17.5 Å². The lowest BCUT2D eigenvalue weighted by Gasteiger charge is -2.03. The van der Waals surface area contributed by atoms with E-state index in [-0.39, 0.29) is 11.5 Å². The smallest absolute Gasteiger partial charge is 0.159 e. The number of thiophene rings is 1. The summed E-state index contributed by atoms with van der Waals surface area (Å²) in [6, 6.07) is 8.76. The number of ketones is 1. The predicted octanol–water partition coefficient (Wildman–Crippen LogP) is 3.32. The highest BCUT2D eigenvalue weighted by atomic mass is 32.1. The first-order valence-corrected chi connectivity index (χ1v) is 5.44. The molecule has 0 radical (unpaired) electrons. The van der Waals surface area contributed by atoms with E-state index in [2.05, 4.69) is 0 Å². The van der Waals surface area contributed by atoms with Gasteiger partial charge in [0, 0.05) is 16.0 Å². The van der Waals surface area contributed by atoms with Crippen molar-refractivity contribution in [3.8, 4) is 16.2 Å². The average Bonchev–Trinajstić information content (AvgIpc) is 2.71. The van der Waals surface area contributed by atoms with E-state index in [0.717, 1.165) is 10.4 Å². The molecule has 2 nitrogen and oxygen atoms in total. The van der Waals surface area contributed by atoms with Crippen molar-refractivity contribution in [3.05, 3.63) is 41.3 Å². The van der Waals surface area contributed by atoms with Crippen LogP contribution in [0, 0.1) is 0 Å². The highest BCUT2D eigenvalue weighted by Crippen LogP contribution is 2.33. The molecule has 2 aromatic rings. The van der Waals surface area contributed by atoms with Crippen molar-refractivity contribution < 1.29 is 9.90 Å². The van der Waals surface area contributed by atoms with Gasteiger partial charge in [0.05, 0.1) is 0 Å². The summed E-state index contributed by atoms with van der Waals surface area (Å²) in [7, 11) is 0.